The molecule has 146 valence electrons. The molecule has 7 heteroatoms. The van der Waals surface area contributed by atoms with Crippen LogP contribution in [0.3, 0.4) is 0 Å². The second-order valence-electron chi connectivity index (χ2n) is 8.33. The number of rotatable bonds is 3. The van der Waals surface area contributed by atoms with E-state index in [0.717, 1.165) is 5.69 Å². The van der Waals surface area contributed by atoms with Gasteiger partial charge in [0.1, 0.15) is 17.2 Å². The minimum Gasteiger partial charge on any atom is -0.494 e. The van der Waals surface area contributed by atoms with Crippen LogP contribution in [-0.4, -0.2) is 21.7 Å². The summed E-state index contributed by atoms with van der Waals surface area (Å²) in [5, 5.41) is 13.1. The van der Waals surface area contributed by atoms with Crippen molar-refractivity contribution in [3.8, 4) is 0 Å². The number of aromatic amines is 1. The fraction of sp³-hybridized carbons (Fsp3) is 0.333. The van der Waals surface area contributed by atoms with Crippen LogP contribution in [0.4, 0.5) is 15.9 Å². The molecule has 0 aliphatic carbocycles. The van der Waals surface area contributed by atoms with Crippen molar-refractivity contribution in [2.24, 2.45) is 5.41 Å². The van der Waals surface area contributed by atoms with E-state index >= 15 is 0 Å². The van der Waals surface area contributed by atoms with Crippen molar-refractivity contribution in [3.63, 3.8) is 0 Å². The topological polar surface area (TPSA) is 79.0 Å². The number of amides is 1. The van der Waals surface area contributed by atoms with Gasteiger partial charge in [0.05, 0.1) is 29.1 Å². The lowest BCUT2D eigenvalue weighted by molar-refractivity contribution is -0.110. The Bertz CT molecular complexity index is 1000. The standard InChI is InChI=1S/C21H23FN4O2/c1-20(2,3)21(4)15(7-8-28-21)17-10-18(26-25-17)23-11-14-13-6-5-12(22)9-16(13)24-19(14)27/h5-11,15H,1-4H3,(H,24,27)(H2,23,25,26)/b14-11+. The van der Waals surface area contributed by atoms with Gasteiger partial charge in [-0.25, -0.2) is 4.39 Å². The molecule has 0 bridgehead atoms. The van der Waals surface area contributed by atoms with Crippen LogP contribution in [-0.2, 0) is 9.53 Å². The molecule has 3 N–H and O–H groups in total. The van der Waals surface area contributed by atoms with Gasteiger partial charge in [-0.1, -0.05) is 20.8 Å². The quantitative estimate of drug-likeness (QED) is 0.688. The van der Waals surface area contributed by atoms with Crippen LogP contribution in [0.15, 0.2) is 42.8 Å². The lowest BCUT2D eigenvalue weighted by Gasteiger charge is -2.41. The molecule has 1 aromatic carbocycles. The van der Waals surface area contributed by atoms with Crippen LogP contribution in [0.2, 0.25) is 0 Å². The maximum absolute atomic E-state index is 13.3. The second kappa shape index (κ2) is 6.22. The molecule has 2 aliphatic heterocycles. The van der Waals surface area contributed by atoms with Crippen LogP contribution in [0.1, 0.15) is 44.9 Å². The summed E-state index contributed by atoms with van der Waals surface area (Å²) in [6.07, 6.45) is 5.35. The Balaban J connectivity index is 1.56. The van der Waals surface area contributed by atoms with Crippen molar-refractivity contribution >= 4 is 23.0 Å². The summed E-state index contributed by atoms with van der Waals surface area (Å²) in [6, 6.07) is 6.14. The van der Waals surface area contributed by atoms with Gasteiger partial charge >= 0.3 is 0 Å². The summed E-state index contributed by atoms with van der Waals surface area (Å²) in [5.74, 6) is -0.00618. The van der Waals surface area contributed by atoms with Gasteiger partial charge in [0.15, 0.2) is 0 Å². The Morgan fingerprint density at radius 3 is 2.86 bits per heavy atom. The molecular formula is C21H23FN4O2. The van der Waals surface area contributed by atoms with Gasteiger partial charge in [0.2, 0.25) is 0 Å². The molecule has 0 saturated heterocycles. The smallest absolute Gasteiger partial charge is 0.257 e. The average molecular weight is 382 g/mol. The predicted octanol–water partition coefficient (Wildman–Crippen LogP) is 4.39. The number of hydrogen-bond acceptors (Lipinski definition) is 4. The average Bonchev–Trinajstić information content (AvgIpc) is 3.29. The molecule has 2 aromatic rings. The third kappa shape index (κ3) is 2.87. The molecule has 0 radical (unpaired) electrons. The number of anilines is 2. The highest BCUT2D eigenvalue weighted by Gasteiger charge is 2.49. The van der Waals surface area contributed by atoms with Gasteiger partial charge in [0, 0.05) is 23.2 Å². The number of nitrogens with one attached hydrogen (secondary N) is 3. The summed E-state index contributed by atoms with van der Waals surface area (Å²) < 4.78 is 19.3. The van der Waals surface area contributed by atoms with E-state index in [0.29, 0.717) is 22.6 Å². The van der Waals surface area contributed by atoms with E-state index in [9.17, 15) is 9.18 Å². The van der Waals surface area contributed by atoms with Crippen LogP contribution < -0.4 is 10.6 Å². The van der Waals surface area contributed by atoms with Crippen molar-refractivity contribution in [2.45, 2.75) is 39.2 Å². The minimum absolute atomic E-state index is 0.00503. The number of carbonyl (C=O) groups is 1. The van der Waals surface area contributed by atoms with Gasteiger partial charge in [-0.3, -0.25) is 9.89 Å². The highest BCUT2D eigenvalue weighted by molar-refractivity contribution is 6.31. The van der Waals surface area contributed by atoms with E-state index in [1.165, 1.54) is 12.1 Å². The zero-order valence-electron chi connectivity index (χ0n) is 16.3. The zero-order valence-corrected chi connectivity index (χ0v) is 16.3. The molecular weight excluding hydrogens is 359 g/mol. The van der Waals surface area contributed by atoms with Gasteiger partial charge in [-0.05, 0) is 31.2 Å². The van der Waals surface area contributed by atoms with Crippen LogP contribution in [0.25, 0.3) is 5.57 Å². The first kappa shape index (κ1) is 18.3. The van der Waals surface area contributed by atoms with E-state index in [4.69, 9.17) is 4.74 Å². The van der Waals surface area contributed by atoms with E-state index in [2.05, 4.69) is 48.5 Å². The predicted molar refractivity (Wildman–Crippen MR) is 106 cm³/mol. The highest BCUT2D eigenvalue weighted by Crippen LogP contribution is 2.48. The Morgan fingerprint density at radius 1 is 1.32 bits per heavy atom. The fourth-order valence-corrected chi connectivity index (χ4v) is 3.57. The molecule has 1 amide bonds. The van der Waals surface area contributed by atoms with Crippen LogP contribution >= 0.6 is 0 Å². The highest BCUT2D eigenvalue weighted by atomic mass is 19.1. The summed E-state index contributed by atoms with van der Waals surface area (Å²) in [5.41, 5.74) is 1.92. The largest absolute Gasteiger partial charge is 0.494 e. The number of carbonyl (C=O) groups excluding carboxylic acids is 1. The molecule has 4 rings (SSSR count). The summed E-state index contributed by atoms with van der Waals surface area (Å²) in [4.78, 5) is 12.2. The lowest BCUT2D eigenvalue weighted by atomic mass is 9.70. The minimum atomic E-state index is -0.410. The summed E-state index contributed by atoms with van der Waals surface area (Å²) in [6.45, 7) is 8.51. The van der Waals surface area contributed by atoms with Gasteiger partial charge < -0.3 is 15.4 Å². The number of aromatic nitrogens is 2. The molecule has 2 atom stereocenters. The number of nitrogens with zero attached hydrogens (tertiary/aromatic N) is 1. The van der Waals surface area contributed by atoms with Crippen molar-refractivity contribution < 1.29 is 13.9 Å². The number of benzene rings is 1. The molecule has 0 fully saturated rings. The monoisotopic (exact) mass is 382 g/mol. The maximum atomic E-state index is 13.3. The Labute approximate surface area is 162 Å². The molecule has 3 heterocycles. The van der Waals surface area contributed by atoms with Gasteiger partial charge in [-0.15, -0.1) is 0 Å². The molecule has 2 unspecified atom stereocenters. The second-order valence-corrected chi connectivity index (χ2v) is 8.33. The Morgan fingerprint density at radius 2 is 2.11 bits per heavy atom. The van der Waals surface area contributed by atoms with Crippen LogP contribution in [0, 0.1) is 11.2 Å². The molecule has 28 heavy (non-hydrogen) atoms. The molecule has 6 nitrogen and oxygen atoms in total. The van der Waals surface area contributed by atoms with Crippen molar-refractivity contribution in [2.75, 3.05) is 10.6 Å². The Hall–Kier alpha value is -3.09. The summed E-state index contributed by atoms with van der Waals surface area (Å²) in [7, 11) is 0. The molecule has 0 spiro atoms. The maximum Gasteiger partial charge on any atom is 0.257 e. The van der Waals surface area contributed by atoms with Crippen molar-refractivity contribution in [3.05, 3.63) is 59.9 Å². The summed E-state index contributed by atoms with van der Waals surface area (Å²) >= 11 is 0. The first-order valence-corrected chi connectivity index (χ1v) is 9.17. The molecule has 2 aliphatic rings. The van der Waals surface area contributed by atoms with Crippen LogP contribution in [0.5, 0.6) is 0 Å². The third-order valence-electron chi connectivity index (χ3n) is 5.72. The van der Waals surface area contributed by atoms with E-state index in [1.807, 2.05) is 12.1 Å². The third-order valence-corrected chi connectivity index (χ3v) is 5.72. The molecule has 0 saturated carbocycles. The number of ether oxygens (including phenoxy) is 1. The lowest BCUT2D eigenvalue weighted by Crippen LogP contribution is -2.44. The first-order valence-electron chi connectivity index (χ1n) is 9.17. The fourth-order valence-electron chi connectivity index (χ4n) is 3.57. The first-order chi connectivity index (χ1) is 13.2. The van der Waals surface area contributed by atoms with E-state index in [1.54, 1.807) is 18.5 Å². The van der Waals surface area contributed by atoms with Crippen molar-refractivity contribution in [1.29, 1.82) is 0 Å². The van der Waals surface area contributed by atoms with E-state index < -0.39 is 5.60 Å². The van der Waals surface area contributed by atoms with Gasteiger partial charge in [-0.2, -0.15) is 5.10 Å². The van der Waals surface area contributed by atoms with Crippen molar-refractivity contribution in [1.82, 2.24) is 10.2 Å². The molecule has 1 aromatic heterocycles. The van der Waals surface area contributed by atoms with E-state index in [-0.39, 0.29) is 23.1 Å². The Kier molecular flexibility index (Phi) is 4.06. The number of H-pyrrole nitrogens is 1. The number of fused-ring (bicyclic) bond motifs is 1. The SMILES string of the molecule is CC(C)(C)C1(C)OC=CC1c1cc(N/C=C2/C(=O)Nc3cc(F)ccc32)[nH]n1. The normalized spacial score (nSPS) is 25.0. The zero-order chi connectivity index (χ0) is 20.1. The number of hydrogen-bond donors (Lipinski definition) is 3. The van der Waals surface area contributed by atoms with Gasteiger partial charge in [0.25, 0.3) is 5.91 Å². The number of halogens is 1.